The summed E-state index contributed by atoms with van der Waals surface area (Å²) in [6.07, 6.45) is 3.19. The number of methoxy groups -OCH3 is 1. The number of nitrogens with two attached hydrogens (primary N) is 1. The monoisotopic (exact) mass is 269 g/mol. The van der Waals surface area contributed by atoms with Crippen molar-refractivity contribution in [2.75, 3.05) is 12.8 Å². The SMILES string of the molecule is COc1cc(Cn2cc(C#N)cn2)cc2onc(N)c12. The molecule has 1 aromatic carbocycles. The quantitative estimate of drug-likeness (QED) is 0.773. The van der Waals surface area contributed by atoms with Crippen LogP contribution in [0.15, 0.2) is 29.0 Å². The average Bonchev–Trinajstić information content (AvgIpc) is 3.05. The first-order valence-electron chi connectivity index (χ1n) is 5.85. The zero-order valence-electron chi connectivity index (χ0n) is 10.7. The number of nitrogen functional groups attached to an aromatic ring is 1. The summed E-state index contributed by atoms with van der Waals surface area (Å²) in [7, 11) is 1.56. The Balaban J connectivity index is 2.02. The van der Waals surface area contributed by atoms with Crippen LogP contribution in [-0.2, 0) is 6.54 Å². The second-order valence-corrected chi connectivity index (χ2v) is 4.28. The van der Waals surface area contributed by atoms with Crippen molar-refractivity contribution in [2.24, 2.45) is 0 Å². The Labute approximate surface area is 114 Å². The lowest BCUT2D eigenvalue weighted by atomic mass is 10.1. The van der Waals surface area contributed by atoms with Crippen molar-refractivity contribution in [2.45, 2.75) is 6.54 Å². The zero-order chi connectivity index (χ0) is 14.1. The van der Waals surface area contributed by atoms with Gasteiger partial charge < -0.3 is 15.0 Å². The number of hydrogen-bond acceptors (Lipinski definition) is 6. The molecule has 0 amide bonds. The van der Waals surface area contributed by atoms with Crippen molar-refractivity contribution in [3.8, 4) is 11.8 Å². The molecule has 7 nitrogen and oxygen atoms in total. The largest absolute Gasteiger partial charge is 0.496 e. The van der Waals surface area contributed by atoms with Crippen LogP contribution in [0.5, 0.6) is 5.75 Å². The standard InChI is InChI=1S/C13H11N5O2/c1-19-10-2-8(3-11-12(10)13(15)17-20-11)6-18-7-9(4-14)5-16-18/h2-3,5,7H,6H2,1H3,(H2,15,17). The first-order chi connectivity index (χ1) is 9.71. The molecule has 3 aromatic rings. The molecule has 2 heterocycles. The van der Waals surface area contributed by atoms with Crippen molar-refractivity contribution >= 4 is 16.8 Å². The molecule has 0 saturated carbocycles. The summed E-state index contributed by atoms with van der Waals surface area (Å²) < 4.78 is 12.1. The van der Waals surface area contributed by atoms with Crippen LogP contribution in [-0.4, -0.2) is 22.0 Å². The van der Waals surface area contributed by atoms with Gasteiger partial charge in [-0.15, -0.1) is 0 Å². The molecule has 0 saturated heterocycles. The Kier molecular flexibility index (Phi) is 2.76. The second-order valence-electron chi connectivity index (χ2n) is 4.28. The van der Waals surface area contributed by atoms with Crippen LogP contribution in [0, 0.1) is 11.3 Å². The Bertz CT molecular complexity index is 812. The minimum Gasteiger partial charge on any atom is -0.496 e. The van der Waals surface area contributed by atoms with Crippen LogP contribution in [0.25, 0.3) is 11.0 Å². The van der Waals surface area contributed by atoms with Gasteiger partial charge in [0.2, 0.25) is 0 Å². The van der Waals surface area contributed by atoms with Crippen LogP contribution in [0.2, 0.25) is 0 Å². The van der Waals surface area contributed by atoms with E-state index in [2.05, 4.69) is 10.3 Å². The molecule has 0 atom stereocenters. The fourth-order valence-electron chi connectivity index (χ4n) is 2.06. The summed E-state index contributed by atoms with van der Waals surface area (Å²) in [5.74, 6) is 0.901. The molecule has 0 fully saturated rings. The van der Waals surface area contributed by atoms with E-state index in [0.29, 0.717) is 34.6 Å². The minimum atomic E-state index is 0.300. The van der Waals surface area contributed by atoms with E-state index >= 15 is 0 Å². The third-order valence-electron chi connectivity index (χ3n) is 2.95. The Morgan fingerprint density at radius 2 is 2.35 bits per heavy atom. The molecule has 0 spiro atoms. The van der Waals surface area contributed by atoms with Gasteiger partial charge in [0, 0.05) is 6.20 Å². The lowest BCUT2D eigenvalue weighted by Gasteiger charge is -2.06. The molecule has 0 bridgehead atoms. The first-order valence-corrected chi connectivity index (χ1v) is 5.85. The smallest absolute Gasteiger partial charge is 0.178 e. The number of ether oxygens (including phenoxy) is 1. The zero-order valence-corrected chi connectivity index (χ0v) is 10.7. The lowest BCUT2D eigenvalue weighted by molar-refractivity contribution is 0.418. The van der Waals surface area contributed by atoms with Crippen LogP contribution in [0.4, 0.5) is 5.82 Å². The third-order valence-corrected chi connectivity index (χ3v) is 2.95. The summed E-state index contributed by atoms with van der Waals surface area (Å²) in [5, 5.41) is 17.3. The van der Waals surface area contributed by atoms with E-state index in [9.17, 15) is 0 Å². The molecule has 2 N–H and O–H groups in total. The van der Waals surface area contributed by atoms with Gasteiger partial charge in [0.25, 0.3) is 0 Å². The summed E-state index contributed by atoms with van der Waals surface area (Å²) >= 11 is 0. The van der Waals surface area contributed by atoms with E-state index in [4.69, 9.17) is 20.3 Å². The number of aromatic nitrogens is 3. The molecule has 100 valence electrons. The average molecular weight is 269 g/mol. The second kappa shape index (κ2) is 4.59. The summed E-state index contributed by atoms with van der Waals surface area (Å²) in [4.78, 5) is 0. The molecule has 2 aromatic heterocycles. The number of nitrogens with zero attached hydrogens (tertiary/aromatic N) is 4. The number of nitriles is 1. The van der Waals surface area contributed by atoms with Crippen molar-refractivity contribution in [3.05, 3.63) is 35.7 Å². The van der Waals surface area contributed by atoms with Gasteiger partial charge in [-0.25, -0.2) is 0 Å². The molecule has 0 aliphatic carbocycles. The topological polar surface area (TPSA) is 103 Å². The summed E-state index contributed by atoms with van der Waals surface area (Å²) in [6.45, 7) is 0.495. The molecular formula is C13H11N5O2. The van der Waals surface area contributed by atoms with E-state index in [0.717, 1.165) is 5.56 Å². The number of rotatable bonds is 3. The Morgan fingerprint density at radius 3 is 3.05 bits per heavy atom. The molecule has 0 unspecified atom stereocenters. The minimum absolute atomic E-state index is 0.300. The lowest BCUT2D eigenvalue weighted by Crippen LogP contribution is -2.00. The molecule has 0 radical (unpaired) electrons. The van der Waals surface area contributed by atoms with Crippen LogP contribution in [0.3, 0.4) is 0 Å². The van der Waals surface area contributed by atoms with Gasteiger partial charge in [0.15, 0.2) is 11.4 Å². The highest BCUT2D eigenvalue weighted by Crippen LogP contribution is 2.32. The molecule has 7 heteroatoms. The molecular weight excluding hydrogens is 258 g/mol. The van der Waals surface area contributed by atoms with Gasteiger partial charge in [-0.3, -0.25) is 4.68 Å². The van der Waals surface area contributed by atoms with Gasteiger partial charge in [-0.05, 0) is 17.7 Å². The maximum absolute atomic E-state index is 8.78. The highest BCUT2D eigenvalue weighted by atomic mass is 16.5. The highest BCUT2D eigenvalue weighted by molar-refractivity contribution is 5.93. The van der Waals surface area contributed by atoms with E-state index < -0.39 is 0 Å². The maximum atomic E-state index is 8.78. The van der Waals surface area contributed by atoms with Crippen LogP contribution < -0.4 is 10.5 Å². The van der Waals surface area contributed by atoms with E-state index in [1.54, 1.807) is 18.0 Å². The van der Waals surface area contributed by atoms with E-state index in [1.165, 1.54) is 6.20 Å². The van der Waals surface area contributed by atoms with Crippen molar-refractivity contribution in [1.29, 1.82) is 5.26 Å². The Hall–Kier alpha value is -3.01. The van der Waals surface area contributed by atoms with Crippen LogP contribution >= 0.6 is 0 Å². The number of anilines is 1. The van der Waals surface area contributed by atoms with Crippen molar-refractivity contribution < 1.29 is 9.26 Å². The van der Waals surface area contributed by atoms with Gasteiger partial charge in [-0.2, -0.15) is 10.4 Å². The first kappa shape index (κ1) is 12.0. The predicted molar refractivity (Wildman–Crippen MR) is 71.0 cm³/mol. The predicted octanol–water partition coefficient (Wildman–Crippen LogP) is 1.54. The van der Waals surface area contributed by atoms with Crippen LogP contribution in [0.1, 0.15) is 11.1 Å². The number of hydrogen-bond donors (Lipinski definition) is 1. The fraction of sp³-hybridized carbons (Fsp3) is 0.154. The number of fused-ring (bicyclic) bond motifs is 1. The molecule has 0 aliphatic rings. The van der Waals surface area contributed by atoms with Crippen molar-refractivity contribution in [3.63, 3.8) is 0 Å². The summed E-state index contributed by atoms with van der Waals surface area (Å²) in [5.41, 5.74) is 7.73. The van der Waals surface area contributed by atoms with Gasteiger partial charge in [0.1, 0.15) is 17.2 Å². The highest BCUT2D eigenvalue weighted by Gasteiger charge is 2.13. The molecule has 3 rings (SSSR count). The Morgan fingerprint density at radius 1 is 1.50 bits per heavy atom. The summed E-state index contributed by atoms with van der Waals surface area (Å²) in [6, 6.07) is 5.71. The maximum Gasteiger partial charge on any atom is 0.178 e. The molecule has 0 aliphatic heterocycles. The normalized spacial score (nSPS) is 10.6. The molecule has 20 heavy (non-hydrogen) atoms. The van der Waals surface area contributed by atoms with Gasteiger partial charge in [0.05, 0.1) is 25.4 Å². The van der Waals surface area contributed by atoms with E-state index in [-0.39, 0.29) is 0 Å². The fourth-order valence-corrected chi connectivity index (χ4v) is 2.06. The third kappa shape index (κ3) is 1.93. The van der Waals surface area contributed by atoms with Gasteiger partial charge >= 0.3 is 0 Å². The number of benzene rings is 1. The van der Waals surface area contributed by atoms with E-state index in [1.807, 2.05) is 18.2 Å². The van der Waals surface area contributed by atoms with Gasteiger partial charge in [-0.1, -0.05) is 5.16 Å². The van der Waals surface area contributed by atoms with Crippen molar-refractivity contribution in [1.82, 2.24) is 14.9 Å².